The molecule has 0 radical (unpaired) electrons. The molecule has 4 nitrogen and oxygen atoms in total. The third-order valence-corrected chi connectivity index (χ3v) is 20.6. The molecule has 0 fully saturated rings. The van der Waals surface area contributed by atoms with E-state index < -0.39 is 0 Å². The summed E-state index contributed by atoms with van der Waals surface area (Å²) in [5.74, 6) is 1.39. The predicted octanol–water partition coefficient (Wildman–Crippen LogP) is 24.3. The van der Waals surface area contributed by atoms with E-state index in [4.69, 9.17) is 9.47 Å². The molecule has 8 rings (SSSR count). The van der Waals surface area contributed by atoms with Crippen LogP contribution in [0.4, 0.5) is 0 Å². The second-order valence-electron chi connectivity index (χ2n) is 22.4. The maximum absolute atomic E-state index is 11.0. The van der Waals surface area contributed by atoms with Crippen LogP contribution in [0.5, 0.6) is 11.5 Å². The molecule has 4 heterocycles. The van der Waals surface area contributed by atoms with E-state index in [9.17, 15) is 10.5 Å². The minimum atomic E-state index is -0.0209. The van der Waals surface area contributed by atoms with Gasteiger partial charge in [0.05, 0.1) is 24.4 Å². The summed E-state index contributed by atoms with van der Waals surface area (Å²) < 4.78 is 13.3. The first-order chi connectivity index (χ1) is 39.9. The number of hydrogen-bond donors (Lipinski definition) is 0. The predicted molar refractivity (Wildman–Crippen MR) is 354 cm³/mol. The molecule has 4 aromatic heterocycles. The Labute approximate surface area is 503 Å². The lowest BCUT2D eigenvalue weighted by Crippen LogP contribution is -2.25. The number of benzene rings is 3. The summed E-state index contributed by atoms with van der Waals surface area (Å²) in [7, 11) is 0. The van der Waals surface area contributed by atoms with Crippen LogP contribution in [0, 0.1) is 22.7 Å². The zero-order valence-corrected chi connectivity index (χ0v) is 52.5. The Bertz CT molecular complexity index is 3140. The van der Waals surface area contributed by atoms with Crippen molar-refractivity contribution in [3.63, 3.8) is 0 Å². The third-order valence-electron chi connectivity index (χ3n) is 16.4. The number of fused-ring (bicyclic) bond motifs is 3. The van der Waals surface area contributed by atoms with E-state index in [1.54, 1.807) is 28.2 Å². The van der Waals surface area contributed by atoms with Crippen LogP contribution >= 0.6 is 45.3 Å². The van der Waals surface area contributed by atoms with Crippen molar-refractivity contribution >= 4 is 68.6 Å². The lowest BCUT2D eigenvalue weighted by Gasteiger charge is -2.33. The lowest BCUT2D eigenvalue weighted by molar-refractivity contribution is 0.295. The fourth-order valence-corrected chi connectivity index (χ4v) is 15.3. The van der Waals surface area contributed by atoms with Gasteiger partial charge in [0.1, 0.15) is 23.6 Å². The van der Waals surface area contributed by atoms with Crippen LogP contribution in [-0.4, -0.2) is 13.2 Å². The molecule has 1 aliphatic carbocycles. The van der Waals surface area contributed by atoms with Crippen molar-refractivity contribution in [2.45, 2.75) is 200 Å². The van der Waals surface area contributed by atoms with Crippen molar-refractivity contribution in [3.05, 3.63) is 140 Å². The first kappa shape index (κ1) is 61.6. The molecule has 8 heteroatoms. The van der Waals surface area contributed by atoms with E-state index in [1.165, 1.54) is 184 Å². The van der Waals surface area contributed by atoms with Crippen LogP contribution in [0.1, 0.15) is 227 Å². The third kappa shape index (κ3) is 16.8. The first-order valence-electron chi connectivity index (χ1n) is 31.2. The second-order valence-corrected chi connectivity index (χ2v) is 26.5. The van der Waals surface area contributed by atoms with Crippen molar-refractivity contribution in [2.24, 2.45) is 0 Å². The molecule has 0 spiro atoms. The molecule has 0 amide bonds. The van der Waals surface area contributed by atoms with Crippen LogP contribution in [0.3, 0.4) is 0 Å². The van der Waals surface area contributed by atoms with Crippen molar-refractivity contribution in [2.75, 3.05) is 13.2 Å². The summed E-state index contributed by atoms with van der Waals surface area (Å²) in [6.07, 6.45) is 35.8. The monoisotopic (exact) mass is 1150 g/mol. The number of ether oxygens (including phenoxy) is 2. The van der Waals surface area contributed by atoms with Gasteiger partial charge in [-0.15, -0.1) is 45.3 Å². The molecular weight excluding hydrogens is 1070 g/mol. The van der Waals surface area contributed by atoms with Gasteiger partial charge in [0.25, 0.3) is 0 Å². The smallest absolute Gasteiger partial charge is 0.127 e. The molecule has 0 atom stereocenters. The average molecular weight is 1150 g/mol. The fraction of sp³-hybridized carbons (Fsp3) is 0.452. The lowest BCUT2D eigenvalue weighted by atomic mass is 9.70. The van der Waals surface area contributed by atoms with Gasteiger partial charge >= 0.3 is 0 Å². The molecule has 3 aromatic carbocycles. The molecule has 7 aromatic rings. The van der Waals surface area contributed by atoms with Gasteiger partial charge in [0, 0.05) is 45.8 Å². The minimum Gasteiger partial charge on any atom is -0.493 e. The first-order valence-corrected chi connectivity index (χ1v) is 34.6. The minimum absolute atomic E-state index is 0.0209. The highest BCUT2D eigenvalue weighted by atomic mass is 32.1. The Morgan fingerprint density at radius 1 is 0.432 bits per heavy atom. The van der Waals surface area contributed by atoms with Crippen LogP contribution in [0.25, 0.3) is 65.1 Å². The van der Waals surface area contributed by atoms with Gasteiger partial charge in [-0.1, -0.05) is 205 Å². The Balaban J connectivity index is 1.10. The molecule has 0 saturated heterocycles. The molecule has 1 aliphatic rings. The number of rotatable bonds is 37. The van der Waals surface area contributed by atoms with E-state index >= 15 is 0 Å². The van der Waals surface area contributed by atoms with Crippen LogP contribution in [-0.2, 0) is 5.41 Å². The molecule has 81 heavy (non-hydrogen) atoms. The normalized spacial score (nSPS) is 12.8. The highest BCUT2D eigenvalue weighted by molar-refractivity contribution is 7.24. The summed E-state index contributed by atoms with van der Waals surface area (Å²) in [4.78, 5) is 6.81. The number of thiophene rings is 4. The summed E-state index contributed by atoms with van der Waals surface area (Å²) in [5, 5.41) is 25.5. The van der Waals surface area contributed by atoms with E-state index in [0.29, 0.717) is 35.9 Å². The quantitative estimate of drug-likeness (QED) is 0.0288. The van der Waals surface area contributed by atoms with Gasteiger partial charge in [-0.05, 0) is 143 Å². The van der Waals surface area contributed by atoms with Crippen LogP contribution < -0.4 is 9.47 Å². The van der Waals surface area contributed by atoms with Crippen molar-refractivity contribution < 1.29 is 9.47 Å². The fourth-order valence-electron chi connectivity index (χ4n) is 11.8. The van der Waals surface area contributed by atoms with Crippen LogP contribution in [0.2, 0.25) is 0 Å². The molecule has 0 saturated carbocycles. The maximum atomic E-state index is 11.0. The highest BCUT2D eigenvalue weighted by Crippen LogP contribution is 2.56. The summed E-state index contributed by atoms with van der Waals surface area (Å²) in [6, 6.07) is 41.2. The molecule has 0 unspecified atom stereocenters. The number of nitriles is 2. The second kappa shape index (κ2) is 33.0. The summed E-state index contributed by atoms with van der Waals surface area (Å²) >= 11 is 6.93. The highest BCUT2D eigenvalue weighted by Gasteiger charge is 2.43. The van der Waals surface area contributed by atoms with E-state index in [2.05, 4.69) is 118 Å². The Morgan fingerprint density at radius 3 is 1.37 bits per heavy atom. The van der Waals surface area contributed by atoms with Gasteiger partial charge in [-0.25, -0.2) is 0 Å². The zero-order valence-electron chi connectivity index (χ0n) is 49.2. The number of nitrogens with zero attached hydrogens (tertiary/aromatic N) is 2. The van der Waals surface area contributed by atoms with Gasteiger partial charge in [0.2, 0.25) is 0 Å². The largest absolute Gasteiger partial charge is 0.493 e. The molecule has 426 valence electrons. The zero-order chi connectivity index (χ0) is 56.5. The van der Waals surface area contributed by atoms with Crippen molar-refractivity contribution in [3.8, 4) is 65.4 Å². The van der Waals surface area contributed by atoms with Gasteiger partial charge in [0.15, 0.2) is 0 Å². The molecule has 0 bridgehead atoms. The average Bonchev–Trinajstić information content (AvgIpc) is 4.56. The summed E-state index contributed by atoms with van der Waals surface area (Å²) in [5.41, 5.74) is 11.3. The number of unbranched alkanes of at least 4 members (excludes halogenated alkanes) is 20. The maximum Gasteiger partial charge on any atom is 0.127 e. The van der Waals surface area contributed by atoms with Crippen molar-refractivity contribution in [1.82, 2.24) is 0 Å². The van der Waals surface area contributed by atoms with E-state index in [1.807, 2.05) is 64.5 Å². The Morgan fingerprint density at radius 2 is 0.877 bits per heavy atom. The number of allylic oxidation sites excluding steroid dienone is 2. The topological polar surface area (TPSA) is 66.0 Å². The van der Waals surface area contributed by atoms with Gasteiger partial charge in [-0.3, -0.25) is 0 Å². The van der Waals surface area contributed by atoms with E-state index in [0.717, 1.165) is 51.4 Å². The number of hydrogen-bond acceptors (Lipinski definition) is 8. The van der Waals surface area contributed by atoms with Gasteiger partial charge < -0.3 is 9.47 Å². The standard InChI is InChI=1S/C73H88N2O2S4/c1-5-9-13-17-21-25-41-73(42-26-22-18-14-10-6-2)63-49-55(67-31-29-45-78-67)33-35-61(63)62-36-34-56(50-64(62)73)69-37-39-71(80-69)72-40-38-70(81-72)60(54-75)48-58-52-65(76-43-27-23-19-15-11-7-3)57(47-59(53-74)68-32-30-46-79-68)51-66(58)77-44-28-24-20-16-12-8-4/h29-40,45-52H,5-28,41-44H2,1-4H3/b59-47+,60-48+. The SMILES string of the molecule is CCCCCCCCOc1cc(/C=C(\C#N)c2ccc(-c3ccc(-c4ccc5c(c4)C(CCCCCCCC)(CCCCCCCC)c4cc(-c6cccs6)ccc4-5)s3)s2)c(OCCCCCCCC)cc1/C=C(\C#N)c1cccs1. The molecule has 0 N–H and O–H groups in total. The van der Waals surface area contributed by atoms with Crippen LogP contribution in [0.15, 0.2) is 108 Å². The summed E-state index contributed by atoms with van der Waals surface area (Å²) in [6.45, 7) is 10.3. The molecular formula is C73H88N2O2S4. The Kier molecular flexibility index (Phi) is 25.1. The van der Waals surface area contributed by atoms with Gasteiger partial charge in [-0.2, -0.15) is 10.5 Å². The van der Waals surface area contributed by atoms with E-state index in [-0.39, 0.29) is 5.41 Å². The molecule has 0 aliphatic heterocycles. The van der Waals surface area contributed by atoms with Crippen molar-refractivity contribution in [1.29, 1.82) is 10.5 Å². The Hall–Kier alpha value is -5.48.